The average molecular weight is 270 g/mol. The van der Waals surface area contributed by atoms with Crippen LogP contribution >= 0.6 is 0 Å². The number of aromatic nitrogens is 2. The van der Waals surface area contributed by atoms with E-state index in [0.29, 0.717) is 15.0 Å². The summed E-state index contributed by atoms with van der Waals surface area (Å²) in [5.41, 5.74) is 0.753. The van der Waals surface area contributed by atoms with Crippen LogP contribution in [0.25, 0.3) is 22.4 Å². The molecule has 0 aliphatic carbocycles. The number of nitro benzene ring substituents is 1. The number of hydrogen-bond donors (Lipinski definition) is 0. The van der Waals surface area contributed by atoms with E-state index < -0.39 is 4.92 Å². The fourth-order valence-corrected chi connectivity index (χ4v) is 2.09. The molecule has 0 aliphatic rings. The van der Waals surface area contributed by atoms with Crippen LogP contribution in [-0.2, 0) is 5.21 Å². The minimum Gasteiger partial charge on any atom is -0.710 e. The Morgan fingerprint density at radius 2 is 1.70 bits per heavy atom. The maximum Gasteiger partial charge on any atom is 0.337 e. The number of hydrogen-bond acceptors (Lipinski definition) is 3. The first-order valence-electron chi connectivity index (χ1n) is 5.75. The number of para-hydroxylation sites is 2. The smallest absolute Gasteiger partial charge is 0.337 e. The van der Waals surface area contributed by atoms with Crippen molar-refractivity contribution in [2.24, 2.45) is 0 Å². The Morgan fingerprint density at radius 1 is 1.05 bits per heavy atom. The maximum absolute atomic E-state index is 12.1. The fourth-order valence-electron chi connectivity index (χ4n) is 2.09. The van der Waals surface area contributed by atoms with Gasteiger partial charge in [-0.15, -0.1) is 0 Å². The summed E-state index contributed by atoms with van der Waals surface area (Å²) >= 11 is 0. The Balaban J connectivity index is 2.21. The predicted molar refractivity (Wildman–Crippen MR) is 69.1 cm³/mol. The number of nitro groups is 1. The van der Waals surface area contributed by atoms with Crippen molar-refractivity contribution in [3.05, 3.63) is 63.9 Å². The van der Waals surface area contributed by atoms with Crippen LogP contribution < -0.4 is 4.73 Å². The highest BCUT2D eigenvalue weighted by molar-refractivity contribution is 5.75. The van der Waals surface area contributed by atoms with Crippen LogP contribution in [0.1, 0.15) is 0 Å². The third-order valence-electron chi connectivity index (χ3n) is 3.04. The molecule has 2 aromatic carbocycles. The molecule has 0 bridgehead atoms. The van der Waals surface area contributed by atoms with Crippen molar-refractivity contribution in [2.75, 3.05) is 0 Å². The Hall–Kier alpha value is -3.09. The van der Waals surface area contributed by atoms with Gasteiger partial charge in [0, 0.05) is 16.9 Å². The first kappa shape index (κ1) is 12.0. The first-order chi connectivity index (χ1) is 9.59. The molecule has 1 aromatic heterocycles. The zero-order valence-corrected chi connectivity index (χ0v) is 10.1. The Labute approximate surface area is 112 Å². The molecule has 3 aromatic rings. The number of fused-ring (bicyclic) bond motifs is 1. The molecule has 0 aliphatic heterocycles. The van der Waals surface area contributed by atoms with E-state index in [9.17, 15) is 20.5 Å². The van der Waals surface area contributed by atoms with Crippen molar-refractivity contribution in [1.29, 1.82) is 0 Å². The van der Waals surface area contributed by atoms with Crippen molar-refractivity contribution in [3.8, 4) is 11.4 Å². The Kier molecular flexibility index (Phi) is 2.53. The number of nitrogens with zero attached hydrogens (tertiary/aromatic N) is 3. The van der Waals surface area contributed by atoms with Gasteiger partial charge in [0.25, 0.3) is 5.69 Å². The molecule has 0 spiro atoms. The average Bonchev–Trinajstić information content (AvgIpc) is 2.72. The summed E-state index contributed by atoms with van der Waals surface area (Å²) in [6.07, 6.45) is 0. The van der Waals surface area contributed by atoms with E-state index in [2.05, 4.69) is 0 Å². The Bertz CT molecular complexity index is 769. The van der Waals surface area contributed by atoms with Gasteiger partial charge < -0.3 is 5.21 Å². The van der Waals surface area contributed by atoms with Gasteiger partial charge in [0.2, 0.25) is 5.52 Å². The van der Waals surface area contributed by atoms with Crippen LogP contribution in [-0.4, -0.2) is 9.65 Å². The highest BCUT2D eigenvalue weighted by Crippen LogP contribution is 2.23. The molecule has 7 heteroatoms. The molecule has 0 atom stereocenters. The standard InChI is InChI=1S/C13H8N3O4/c17-14-11-3-1-2-4-12(11)15(18)13(14)9-5-7-10(8-6-9)16(19)20/h1-8H. The lowest BCUT2D eigenvalue weighted by molar-refractivity contribution is -0.567. The number of rotatable bonds is 2. The van der Waals surface area contributed by atoms with E-state index in [-0.39, 0.29) is 22.5 Å². The van der Waals surface area contributed by atoms with Gasteiger partial charge in [0.15, 0.2) is 5.52 Å². The molecular weight excluding hydrogens is 262 g/mol. The van der Waals surface area contributed by atoms with Gasteiger partial charge in [-0.05, 0) is 24.3 Å². The van der Waals surface area contributed by atoms with Gasteiger partial charge in [-0.1, -0.05) is 17.3 Å². The number of non-ortho nitro benzene ring substituents is 1. The van der Waals surface area contributed by atoms with Crippen LogP contribution in [0.15, 0.2) is 48.5 Å². The molecule has 0 N–H and O–H groups in total. The second-order valence-electron chi connectivity index (χ2n) is 4.21. The van der Waals surface area contributed by atoms with Crippen LogP contribution in [0, 0.1) is 15.3 Å². The maximum atomic E-state index is 12.1. The van der Waals surface area contributed by atoms with Gasteiger partial charge in [0.1, 0.15) is 0 Å². The van der Waals surface area contributed by atoms with Gasteiger partial charge in [-0.25, -0.2) is 4.73 Å². The van der Waals surface area contributed by atoms with Gasteiger partial charge >= 0.3 is 5.82 Å². The molecule has 0 unspecified atom stereocenters. The summed E-state index contributed by atoms with van der Waals surface area (Å²) in [5, 5.41) is 34.9. The summed E-state index contributed by atoms with van der Waals surface area (Å²) in [4.78, 5) is 10.1. The fraction of sp³-hybridized carbons (Fsp3) is 0. The van der Waals surface area contributed by atoms with E-state index in [1.807, 2.05) is 0 Å². The predicted octanol–water partition coefficient (Wildman–Crippen LogP) is 2.04. The molecule has 0 saturated carbocycles. The van der Waals surface area contributed by atoms with Crippen molar-refractivity contribution in [3.63, 3.8) is 0 Å². The minimum atomic E-state index is -0.540. The Morgan fingerprint density at radius 3 is 2.30 bits per heavy atom. The zero-order chi connectivity index (χ0) is 14.3. The van der Waals surface area contributed by atoms with E-state index in [4.69, 9.17) is 0 Å². The van der Waals surface area contributed by atoms with Crippen LogP contribution in [0.3, 0.4) is 0 Å². The highest BCUT2D eigenvalue weighted by atomic mass is 16.6. The number of imidazole rings is 1. The summed E-state index contributed by atoms with van der Waals surface area (Å²) in [6.45, 7) is 0. The van der Waals surface area contributed by atoms with Crippen LogP contribution in [0.4, 0.5) is 5.69 Å². The van der Waals surface area contributed by atoms with E-state index >= 15 is 0 Å². The minimum absolute atomic E-state index is 0.0962. The lowest BCUT2D eigenvalue weighted by Gasteiger charge is -2.02. The lowest BCUT2D eigenvalue weighted by Crippen LogP contribution is -2.27. The third kappa shape index (κ3) is 1.64. The van der Waals surface area contributed by atoms with Crippen molar-refractivity contribution in [1.82, 2.24) is 4.73 Å². The van der Waals surface area contributed by atoms with Crippen molar-refractivity contribution in [2.45, 2.75) is 0 Å². The molecule has 99 valence electrons. The summed E-state index contributed by atoms with van der Waals surface area (Å²) in [7, 11) is 0. The third-order valence-corrected chi connectivity index (χ3v) is 3.04. The topological polar surface area (TPSA) is 94.9 Å². The van der Waals surface area contributed by atoms with Gasteiger partial charge in [-0.2, -0.15) is 0 Å². The summed E-state index contributed by atoms with van der Waals surface area (Å²) in [6, 6.07) is 11.7. The summed E-state index contributed by atoms with van der Waals surface area (Å²) < 4.78 is 1.06. The molecule has 20 heavy (non-hydrogen) atoms. The molecule has 0 amide bonds. The molecule has 0 fully saturated rings. The zero-order valence-electron chi connectivity index (χ0n) is 10.1. The largest absolute Gasteiger partial charge is 0.710 e. The quantitative estimate of drug-likeness (QED) is 0.308. The van der Waals surface area contributed by atoms with E-state index in [0.717, 1.165) is 0 Å². The molecule has 1 heterocycles. The molecule has 0 saturated heterocycles. The van der Waals surface area contributed by atoms with Crippen LogP contribution in [0.5, 0.6) is 0 Å². The normalized spacial score (nSPS) is 10.8. The van der Waals surface area contributed by atoms with Gasteiger partial charge in [-0.3, -0.25) is 10.1 Å². The molecular formula is C13H8N3O4. The van der Waals surface area contributed by atoms with Gasteiger partial charge in [0.05, 0.1) is 10.5 Å². The van der Waals surface area contributed by atoms with Crippen molar-refractivity contribution >= 4 is 16.7 Å². The van der Waals surface area contributed by atoms with E-state index in [1.54, 1.807) is 24.3 Å². The SMILES string of the molecule is [O]n1c(-c2ccc([N+](=O)[O-])cc2)[n+]([O-])c2ccccc21. The highest BCUT2D eigenvalue weighted by Gasteiger charge is 2.24. The molecule has 1 radical (unpaired) electrons. The molecule has 7 nitrogen and oxygen atoms in total. The van der Waals surface area contributed by atoms with Crippen LogP contribution in [0.2, 0.25) is 0 Å². The number of benzene rings is 2. The second kappa shape index (κ2) is 4.23. The molecule has 3 rings (SSSR count). The second-order valence-corrected chi connectivity index (χ2v) is 4.21. The monoisotopic (exact) mass is 270 g/mol. The first-order valence-corrected chi connectivity index (χ1v) is 5.75. The summed E-state index contributed by atoms with van der Waals surface area (Å²) in [5.74, 6) is -0.0962. The van der Waals surface area contributed by atoms with E-state index in [1.165, 1.54) is 24.3 Å². The lowest BCUT2D eigenvalue weighted by atomic mass is 10.2. The van der Waals surface area contributed by atoms with Crippen molar-refractivity contribution < 1.29 is 14.9 Å².